The number of likely N-dealkylation sites (tertiary alicyclic amines) is 1. The van der Waals surface area contributed by atoms with Crippen molar-refractivity contribution < 1.29 is 9.59 Å². The lowest BCUT2D eigenvalue weighted by Crippen LogP contribution is -2.43. The summed E-state index contributed by atoms with van der Waals surface area (Å²) in [6.45, 7) is 4.47. The maximum atomic E-state index is 11.8. The van der Waals surface area contributed by atoms with Crippen LogP contribution in [0.4, 0.5) is 0 Å². The van der Waals surface area contributed by atoms with E-state index < -0.39 is 0 Å². The second-order valence-corrected chi connectivity index (χ2v) is 5.41. The van der Waals surface area contributed by atoms with Crippen molar-refractivity contribution in [1.29, 1.82) is 0 Å². The van der Waals surface area contributed by atoms with Crippen LogP contribution in [0, 0.1) is 0 Å². The molecule has 5 nitrogen and oxygen atoms in total. The van der Waals surface area contributed by atoms with Crippen LogP contribution in [0.1, 0.15) is 39.0 Å². The lowest BCUT2D eigenvalue weighted by atomic mass is 10.1. The molecule has 102 valence electrons. The Balaban J connectivity index is 1.67. The van der Waals surface area contributed by atoms with E-state index in [1.54, 1.807) is 0 Å². The minimum Gasteiger partial charge on any atom is -0.352 e. The summed E-state index contributed by atoms with van der Waals surface area (Å²) >= 11 is 0. The molecule has 5 heteroatoms. The summed E-state index contributed by atoms with van der Waals surface area (Å²) in [5.41, 5.74) is 0. The van der Waals surface area contributed by atoms with Gasteiger partial charge in [0.05, 0.1) is 0 Å². The number of nitrogens with zero attached hydrogens (tertiary/aromatic N) is 1. The molecule has 0 aromatic heterocycles. The number of carbonyl (C=O) groups is 2. The van der Waals surface area contributed by atoms with Gasteiger partial charge < -0.3 is 15.5 Å². The number of rotatable bonds is 5. The van der Waals surface area contributed by atoms with Gasteiger partial charge in [-0.25, -0.2) is 0 Å². The van der Waals surface area contributed by atoms with Gasteiger partial charge in [-0.1, -0.05) is 0 Å². The smallest absolute Gasteiger partial charge is 0.222 e. The summed E-state index contributed by atoms with van der Waals surface area (Å²) in [7, 11) is 0. The van der Waals surface area contributed by atoms with Crippen LogP contribution in [0.3, 0.4) is 0 Å². The molecule has 2 N–H and O–H groups in total. The maximum Gasteiger partial charge on any atom is 0.222 e. The van der Waals surface area contributed by atoms with E-state index in [4.69, 9.17) is 0 Å². The molecule has 0 spiro atoms. The van der Waals surface area contributed by atoms with Crippen molar-refractivity contribution in [3.63, 3.8) is 0 Å². The van der Waals surface area contributed by atoms with E-state index >= 15 is 0 Å². The van der Waals surface area contributed by atoms with Crippen LogP contribution >= 0.6 is 0 Å². The second-order valence-electron chi connectivity index (χ2n) is 5.41. The van der Waals surface area contributed by atoms with Crippen molar-refractivity contribution in [1.82, 2.24) is 15.5 Å². The molecule has 0 saturated carbocycles. The van der Waals surface area contributed by atoms with E-state index in [0.717, 1.165) is 32.4 Å². The predicted octanol–water partition coefficient (Wildman–Crippen LogP) is 0.256. The molecule has 2 heterocycles. The third kappa shape index (κ3) is 3.70. The molecule has 2 rings (SSSR count). The van der Waals surface area contributed by atoms with Crippen LogP contribution < -0.4 is 10.6 Å². The first kappa shape index (κ1) is 13.3. The molecule has 2 unspecified atom stereocenters. The van der Waals surface area contributed by atoms with Crippen molar-refractivity contribution in [2.75, 3.05) is 19.6 Å². The highest BCUT2D eigenvalue weighted by Crippen LogP contribution is 2.11. The van der Waals surface area contributed by atoms with E-state index in [-0.39, 0.29) is 17.9 Å². The average molecular weight is 253 g/mol. The first-order valence-electron chi connectivity index (χ1n) is 6.95. The average Bonchev–Trinajstić information content (AvgIpc) is 2.91. The highest BCUT2D eigenvalue weighted by atomic mass is 16.2. The largest absolute Gasteiger partial charge is 0.352 e. The van der Waals surface area contributed by atoms with Gasteiger partial charge in [-0.15, -0.1) is 0 Å². The first-order valence-corrected chi connectivity index (χ1v) is 6.95. The molecule has 2 amide bonds. The summed E-state index contributed by atoms with van der Waals surface area (Å²) in [6, 6.07) is 0.381. The third-order valence-electron chi connectivity index (χ3n) is 3.67. The van der Waals surface area contributed by atoms with Gasteiger partial charge in [0.1, 0.15) is 0 Å². The minimum absolute atomic E-state index is 0.0425. The van der Waals surface area contributed by atoms with Gasteiger partial charge in [0.25, 0.3) is 0 Å². The van der Waals surface area contributed by atoms with Crippen LogP contribution in [0.2, 0.25) is 0 Å². The normalized spacial score (nSPS) is 25.5. The number of carbonyl (C=O) groups excluding carboxylic acids is 2. The van der Waals surface area contributed by atoms with Crippen LogP contribution in [-0.4, -0.2) is 48.4 Å². The molecule has 2 saturated heterocycles. The highest BCUT2D eigenvalue weighted by Gasteiger charge is 2.23. The number of hydrogen-bond donors (Lipinski definition) is 2. The Bertz CT molecular complexity index is 313. The summed E-state index contributed by atoms with van der Waals surface area (Å²) in [4.78, 5) is 25.1. The van der Waals surface area contributed by atoms with Gasteiger partial charge in [0, 0.05) is 38.0 Å². The fourth-order valence-electron chi connectivity index (χ4n) is 2.76. The SMILES string of the molecule is CC(CN1CCCC1=O)NC(=O)CC1CCCN1. The van der Waals surface area contributed by atoms with Crippen molar-refractivity contribution in [3.05, 3.63) is 0 Å². The number of nitrogens with one attached hydrogen (secondary N) is 2. The van der Waals surface area contributed by atoms with E-state index in [1.165, 1.54) is 0 Å². The molecule has 0 radical (unpaired) electrons. The minimum atomic E-state index is 0.0425. The standard InChI is InChI=1S/C13H23N3O2/c1-10(9-16-7-3-5-13(16)18)15-12(17)8-11-4-2-6-14-11/h10-11,14H,2-9H2,1H3,(H,15,17). The Kier molecular flexibility index (Phi) is 4.58. The Morgan fingerprint density at radius 3 is 3.00 bits per heavy atom. The first-order chi connectivity index (χ1) is 8.65. The van der Waals surface area contributed by atoms with Crippen LogP contribution in [0.15, 0.2) is 0 Å². The molecule has 0 aromatic rings. The molecule has 0 bridgehead atoms. The second kappa shape index (κ2) is 6.18. The Hall–Kier alpha value is -1.10. The molecular weight excluding hydrogens is 230 g/mol. The monoisotopic (exact) mass is 253 g/mol. The summed E-state index contributed by atoms with van der Waals surface area (Å²) in [6.07, 6.45) is 4.42. The summed E-state index contributed by atoms with van der Waals surface area (Å²) < 4.78 is 0. The van der Waals surface area contributed by atoms with Gasteiger partial charge in [-0.05, 0) is 32.7 Å². The van der Waals surface area contributed by atoms with Crippen molar-refractivity contribution >= 4 is 11.8 Å². The number of amides is 2. The quantitative estimate of drug-likeness (QED) is 0.738. The van der Waals surface area contributed by atoms with Crippen LogP contribution in [0.5, 0.6) is 0 Å². The Morgan fingerprint density at radius 2 is 2.39 bits per heavy atom. The van der Waals surface area contributed by atoms with Crippen molar-refractivity contribution in [2.24, 2.45) is 0 Å². The molecule has 0 aliphatic carbocycles. The fourth-order valence-corrected chi connectivity index (χ4v) is 2.76. The maximum absolute atomic E-state index is 11.8. The molecular formula is C13H23N3O2. The van der Waals surface area contributed by atoms with E-state index in [0.29, 0.717) is 25.4 Å². The van der Waals surface area contributed by atoms with Gasteiger partial charge in [0.15, 0.2) is 0 Å². The van der Waals surface area contributed by atoms with Gasteiger partial charge in [-0.3, -0.25) is 9.59 Å². The molecule has 0 aromatic carbocycles. The van der Waals surface area contributed by atoms with Gasteiger partial charge >= 0.3 is 0 Å². The fraction of sp³-hybridized carbons (Fsp3) is 0.846. The summed E-state index contributed by atoms with van der Waals surface area (Å²) in [5, 5.41) is 6.30. The lowest BCUT2D eigenvalue weighted by molar-refractivity contribution is -0.129. The van der Waals surface area contributed by atoms with Gasteiger partial charge in [-0.2, -0.15) is 0 Å². The van der Waals surface area contributed by atoms with E-state index in [9.17, 15) is 9.59 Å². The molecule has 2 aliphatic heterocycles. The van der Waals surface area contributed by atoms with Gasteiger partial charge in [0.2, 0.25) is 11.8 Å². The Morgan fingerprint density at radius 1 is 1.56 bits per heavy atom. The number of hydrogen-bond acceptors (Lipinski definition) is 3. The lowest BCUT2D eigenvalue weighted by Gasteiger charge is -2.22. The predicted molar refractivity (Wildman–Crippen MR) is 69.1 cm³/mol. The topological polar surface area (TPSA) is 61.4 Å². The summed E-state index contributed by atoms with van der Waals surface area (Å²) in [5.74, 6) is 0.308. The molecule has 2 fully saturated rings. The molecule has 18 heavy (non-hydrogen) atoms. The van der Waals surface area contributed by atoms with Crippen LogP contribution in [0.25, 0.3) is 0 Å². The zero-order valence-electron chi connectivity index (χ0n) is 11.1. The third-order valence-corrected chi connectivity index (χ3v) is 3.67. The highest BCUT2D eigenvalue weighted by molar-refractivity contribution is 5.79. The molecule has 2 aliphatic rings. The van der Waals surface area contributed by atoms with E-state index in [1.807, 2.05) is 11.8 Å². The zero-order valence-corrected chi connectivity index (χ0v) is 11.1. The Labute approximate surface area is 108 Å². The van der Waals surface area contributed by atoms with Crippen molar-refractivity contribution in [2.45, 2.75) is 51.1 Å². The van der Waals surface area contributed by atoms with E-state index in [2.05, 4.69) is 10.6 Å². The zero-order chi connectivity index (χ0) is 13.0. The van der Waals surface area contributed by atoms with Crippen LogP contribution in [-0.2, 0) is 9.59 Å². The van der Waals surface area contributed by atoms with Crippen molar-refractivity contribution in [3.8, 4) is 0 Å². The molecule has 2 atom stereocenters.